The number of ether oxygens (including phenoxy) is 7. The molecular formula is C54H76FN5O15. The van der Waals surface area contributed by atoms with Gasteiger partial charge in [0, 0.05) is 81.3 Å². The minimum absolute atomic E-state index is 0.0127. The number of rotatable bonds is 14. The highest BCUT2D eigenvalue weighted by molar-refractivity contribution is 5.94. The van der Waals surface area contributed by atoms with Gasteiger partial charge in [-0.05, 0) is 86.0 Å². The van der Waals surface area contributed by atoms with E-state index in [9.17, 15) is 34.2 Å². The van der Waals surface area contributed by atoms with Crippen LogP contribution in [0.15, 0.2) is 28.3 Å². The van der Waals surface area contributed by atoms with Gasteiger partial charge in [-0.3, -0.25) is 19.3 Å². The third kappa shape index (κ3) is 12.1. The number of carboxylic acids is 1. The fourth-order valence-corrected chi connectivity index (χ4v) is 11.8. The van der Waals surface area contributed by atoms with Crippen molar-refractivity contribution in [2.45, 2.75) is 160 Å². The number of benzene rings is 1. The first-order chi connectivity index (χ1) is 35.5. The molecule has 0 amide bonds. The lowest BCUT2D eigenvalue weighted by atomic mass is 9.73. The first kappa shape index (κ1) is 57.3. The molecule has 414 valence electrons. The fourth-order valence-electron chi connectivity index (χ4n) is 11.8. The standard InChI is InChI=1S/C54H76FN5O15/c1-13-23-69-56-43-29(3)27-53(8,68-12)47(73-51-45(63)40(57(10)11)24-30(4)70-51)32(6)46(33(7)50(66)71-41(14-2)54(9)48(31(43)5)74-52(67)75-54)72-42(61)17-18-58-19-21-59(22-20-58)39-26-38-35(25-37(39)55)44(62)36(49(64)65)28-60(38)34-15-16-34/h1,25-26,28-34,40-41,45-48,51,63H,14-24,27H2,2-12H3,(H,64,65)/b56-43+/t29-,30-,31+,32+,33-,40+,41-,45-,46+,47-,48-,51+,53-,54-/m1/s1. The van der Waals surface area contributed by atoms with Gasteiger partial charge in [-0.25, -0.2) is 14.0 Å². The Morgan fingerprint density at radius 1 is 1.03 bits per heavy atom. The molecule has 4 saturated heterocycles. The number of likely N-dealkylation sites (N-methyl/N-ethyl adjacent to an activating group) is 1. The zero-order chi connectivity index (χ0) is 54.8. The van der Waals surface area contributed by atoms with Gasteiger partial charge in [-0.15, -0.1) is 6.42 Å². The van der Waals surface area contributed by atoms with Crippen LogP contribution in [0.1, 0.15) is 110 Å². The maximum Gasteiger partial charge on any atom is 0.509 e. The molecule has 4 aliphatic heterocycles. The number of anilines is 1. The summed E-state index contributed by atoms with van der Waals surface area (Å²) in [4.78, 5) is 78.6. The normalized spacial score (nSPS) is 34.7. The van der Waals surface area contributed by atoms with Crippen molar-refractivity contribution >= 4 is 46.4 Å². The van der Waals surface area contributed by atoms with Crippen molar-refractivity contribution in [3.63, 3.8) is 0 Å². The van der Waals surface area contributed by atoms with Crippen LogP contribution in [0, 0.1) is 41.8 Å². The van der Waals surface area contributed by atoms with Crippen LogP contribution in [0.25, 0.3) is 10.9 Å². The average Bonchev–Trinajstić information content (AvgIpc) is 4.17. The van der Waals surface area contributed by atoms with Crippen molar-refractivity contribution in [1.82, 2.24) is 14.4 Å². The highest BCUT2D eigenvalue weighted by Crippen LogP contribution is 2.44. The second kappa shape index (κ2) is 23.5. The number of aromatic nitrogens is 1. The van der Waals surface area contributed by atoms with E-state index in [1.165, 1.54) is 13.3 Å². The number of halogens is 1. The highest BCUT2D eigenvalue weighted by Gasteiger charge is 2.59. The van der Waals surface area contributed by atoms with Crippen LogP contribution in [-0.2, 0) is 47.6 Å². The van der Waals surface area contributed by atoms with E-state index in [0.717, 1.165) is 18.9 Å². The Morgan fingerprint density at radius 2 is 1.72 bits per heavy atom. The number of hydrogen-bond acceptors (Lipinski definition) is 18. The molecule has 1 aromatic heterocycles. The molecule has 21 heteroatoms. The maximum atomic E-state index is 15.8. The van der Waals surface area contributed by atoms with E-state index >= 15 is 4.39 Å². The number of piperazine rings is 1. The van der Waals surface area contributed by atoms with Gasteiger partial charge in [-0.1, -0.05) is 38.8 Å². The van der Waals surface area contributed by atoms with Crippen LogP contribution in [0.3, 0.4) is 0 Å². The van der Waals surface area contributed by atoms with Gasteiger partial charge in [0.25, 0.3) is 0 Å². The lowest BCUT2D eigenvalue weighted by Gasteiger charge is -2.48. The van der Waals surface area contributed by atoms with Gasteiger partial charge in [0.15, 0.2) is 24.6 Å². The van der Waals surface area contributed by atoms with Gasteiger partial charge < -0.3 is 62.6 Å². The third-order valence-corrected chi connectivity index (χ3v) is 16.2. The summed E-state index contributed by atoms with van der Waals surface area (Å²) in [5.41, 5.74) is -2.74. The summed E-state index contributed by atoms with van der Waals surface area (Å²) in [5, 5.41) is 26.1. The number of methoxy groups -OCH3 is 1. The minimum Gasteiger partial charge on any atom is -0.477 e. The smallest absolute Gasteiger partial charge is 0.477 e. The quantitative estimate of drug-likeness (QED) is 0.0796. The molecule has 0 bridgehead atoms. The molecular weight excluding hydrogens is 978 g/mol. The van der Waals surface area contributed by atoms with E-state index in [1.807, 2.05) is 56.5 Å². The minimum atomic E-state index is -1.51. The zero-order valence-electron chi connectivity index (χ0n) is 45.1. The molecule has 20 nitrogen and oxygen atoms in total. The van der Waals surface area contributed by atoms with E-state index in [1.54, 1.807) is 38.3 Å². The Morgan fingerprint density at radius 3 is 2.33 bits per heavy atom. The van der Waals surface area contributed by atoms with Crippen LogP contribution < -0.4 is 10.3 Å². The number of nitrogens with zero attached hydrogens (tertiary/aromatic N) is 5. The number of aliphatic hydroxyl groups is 1. The van der Waals surface area contributed by atoms with E-state index < -0.39 is 113 Å². The number of hydrogen-bond donors (Lipinski definition) is 2. The number of carboxylic acid groups (broad SMARTS) is 1. The Hall–Kier alpha value is -5.37. The first-order valence-corrected chi connectivity index (χ1v) is 26.2. The number of pyridine rings is 1. The molecule has 2 N–H and O–H groups in total. The van der Waals surface area contributed by atoms with E-state index in [0.29, 0.717) is 43.8 Å². The number of aromatic carboxylic acids is 1. The van der Waals surface area contributed by atoms with Crippen molar-refractivity contribution in [1.29, 1.82) is 0 Å². The molecule has 7 rings (SSSR count). The third-order valence-electron chi connectivity index (χ3n) is 16.2. The summed E-state index contributed by atoms with van der Waals surface area (Å²) in [7, 11) is 5.24. The fraction of sp³-hybridized carbons (Fsp3) is 0.704. The molecule has 0 unspecified atom stereocenters. The molecule has 2 aromatic rings. The zero-order valence-corrected chi connectivity index (χ0v) is 45.1. The van der Waals surface area contributed by atoms with Crippen molar-refractivity contribution in [2.24, 2.45) is 28.8 Å². The monoisotopic (exact) mass is 1050 g/mol. The second-order valence-corrected chi connectivity index (χ2v) is 21.8. The SMILES string of the molecule is C#CCO/N=C1\[C@H](C)C[C@@](C)(OC)[C@H](O[C@@H]2O[C@H](C)C[C@H](N(C)C)[C@H]2O)[C@@H](C)[C@H](OC(=O)CCN2CCN(c3cc4c(cc3F)c(=O)c(C(=O)O)cn4C3CC3)CC2)[C@@H](C)C(=O)O[C@H](CC)[C@@]2(C)OC(=O)O[C@@H]2[C@H]1C. The number of cyclic esters (lactones) is 1. The van der Waals surface area contributed by atoms with E-state index in [-0.39, 0.29) is 61.7 Å². The molecule has 5 fully saturated rings. The number of terminal acetylenes is 1. The molecule has 5 heterocycles. The molecule has 75 heavy (non-hydrogen) atoms. The summed E-state index contributed by atoms with van der Waals surface area (Å²) >= 11 is 0. The lowest BCUT2D eigenvalue weighted by molar-refractivity contribution is -0.301. The summed E-state index contributed by atoms with van der Waals surface area (Å²) in [5.74, 6) is -4.14. The van der Waals surface area contributed by atoms with Crippen LogP contribution >= 0.6 is 0 Å². The average molecular weight is 1050 g/mol. The molecule has 0 spiro atoms. The number of esters is 2. The summed E-state index contributed by atoms with van der Waals surface area (Å²) < 4.78 is 61.8. The lowest BCUT2D eigenvalue weighted by Crippen LogP contribution is -2.60. The molecule has 0 radical (unpaired) electrons. The molecule has 1 saturated carbocycles. The second-order valence-electron chi connectivity index (χ2n) is 21.8. The topological polar surface area (TPSA) is 227 Å². The molecule has 5 aliphatic rings. The predicted octanol–water partition coefficient (Wildman–Crippen LogP) is 5.38. The van der Waals surface area contributed by atoms with Crippen LogP contribution in [0.5, 0.6) is 0 Å². The molecule has 14 atom stereocenters. The Labute approximate surface area is 438 Å². The van der Waals surface area contributed by atoms with Crippen molar-refractivity contribution in [2.75, 3.05) is 65.4 Å². The van der Waals surface area contributed by atoms with Gasteiger partial charge in [0.1, 0.15) is 29.7 Å². The largest absolute Gasteiger partial charge is 0.509 e. The van der Waals surface area contributed by atoms with Gasteiger partial charge >= 0.3 is 24.1 Å². The van der Waals surface area contributed by atoms with Crippen LogP contribution in [0.4, 0.5) is 14.9 Å². The molecule has 1 aromatic carbocycles. The van der Waals surface area contributed by atoms with E-state index in [4.69, 9.17) is 44.4 Å². The number of aliphatic hydroxyl groups excluding tert-OH is 1. The summed E-state index contributed by atoms with van der Waals surface area (Å²) in [6, 6.07) is 2.42. The number of carbonyl (C=O) groups excluding carboxylic acids is 3. The summed E-state index contributed by atoms with van der Waals surface area (Å²) in [6.45, 7) is 16.0. The van der Waals surface area contributed by atoms with Crippen molar-refractivity contribution in [3.05, 3.63) is 39.9 Å². The Kier molecular flexibility index (Phi) is 17.9. The Balaban J connectivity index is 1.17. The number of oxime groups is 1. The summed E-state index contributed by atoms with van der Waals surface area (Å²) in [6.07, 6.45) is 1.42. The van der Waals surface area contributed by atoms with Crippen LogP contribution in [0.2, 0.25) is 0 Å². The first-order valence-electron chi connectivity index (χ1n) is 26.2. The highest BCUT2D eigenvalue weighted by atomic mass is 19.1. The maximum absolute atomic E-state index is 15.8. The predicted molar refractivity (Wildman–Crippen MR) is 273 cm³/mol. The Bertz CT molecular complexity index is 2560. The van der Waals surface area contributed by atoms with Gasteiger partial charge in [0.2, 0.25) is 5.43 Å². The van der Waals surface area contributed by atoms with Crippen molar-refractivity contribution in [3.8, 4) is 12.3 Å². The number of carbonyl (C=O) groups is 4. The van der Waals surface area contributed by atoms with E-state index in [2.05, 4.69) is 11.1 Å². The molecule has 1 aliphatic carbocycles. The van der Waals surface area contributed by atoms with Crippen LogP contribution in [-0.4, -0.2) is 175 Å². The van der Waals surface area contributed by atoms with Crippen molar-refractivity contribution < 1.29 is 71.8 Å². The number of fused-ring (bicyclic) bond motifs is 2. The van der Waals surface area contributed by atoms with Gasteiger partial charge in [0.05, 0.1) is 47.1 Å². The van der Waals surface area contributed by atoms with Gasteiger partial charge in [-0.2, -0.15) is 0 Å².